The topological polar surface area (TPSA) is 23.5 Å². The third kappa shape index (κ3) is 1.80. The molecule has 0 aromatic heterocycles. The van der Waals surface area contributed by atoms with Crippen molar-refractivity contribution in [2.24, 2.45) is 5.41 Å². The van der Waals surface area contributed by atoms with Gasteiger partial charge in [-0.3, -0.25) is 4.90 Å². The van der Waals surface area contributed by atoms with Gasteiger partial charge < -0.3 is 5.11 Å². The van der Waals surface area contributed by atoms with Crippen molar-refractivity contribution in [3.05, 3.63) is 0 Å². The molecule has 1 saturated heterocycles. The molecule has 0 aromatic rings. The zero-order valence-electron chi connectivity index (χ0n) is 8.89. The molecule has 0 radical (unpaired) electrons. The normalized spacial score (nSPS) is 31.0. The number of hydrogen-bond donors (Lipinski definition) is 1. The second-order valence-corrected chi connectivity index (χ2v) is 5.56. The van der Waals surface area contributed by atoms with E-state index in [9.17, 15) is 5.11 Å². The highest BCUT2D eigenvalue weighted by Crippen LogP contribution is 2.33. The van der Waals surface area contributed by atoms with Gasteiger partial charge in [0.15, 0.2) is 0 Å². The summed E-state index contributed by atoms with van der Waals surface area (Å²) in [5, 5.41) is 9.75. The molecule has 0 unspecified atom stereocenters. The van der Waals surface area contributed by atoms with Crippen molar-refractivity contribution in [1.82, 2.24) is 4.90 Å². The van der Waals surface area contributed by atoms with E-state index in [1.165, 1.54) is 0 Å². The molecule has 1 N–H and O–H groups in total. The van der Waals surface area contributed by atoms with Crippen molar-refractivity contribution in [1.29, 1.82) is 0 Å². The summed E-state index contributed by atoms with van der Waals surface area (Å²) in [5.74, 6) is 0. The first-order chi connectivity index (χ1) is 5.23. The van der Waals surface area contributed by atoms with Crippen molar-refractivity contribution in [3.8, 4) is 0 Å². The van der Waals surface area contributed by atoms with Crippen LogP contribution in [0.2, 0.25) is 0 Å². The molecular formula is C10H21NO. The Kier molecular flexibility index (Phi) is 2.26. The number of aliphatic hydroxyl groups excluding tert-OH is 1. The second kappa shape index (κ2) is 2.71. The van der Waals surface area contributed by atoms with Crippen LogP contribution < -0.4 is 0 Å². The Bertz CT molecular complexity index is 169. The average molecular weight is 171 g/mol. The van der Waals surface area contributed by atoms with Gasteiger partial charge in [0.1, 0.15) is 0 Å². The van der Waals surface area contributed by atoms with E-state index in [2.05, 4.69) is 39.5 Å². The largest absolute Gasteiger partial charge is 0.391 e. The minimum Gasteiger partial charge on any atom is -0.391 e. The average Bonchev–Trinajstić information content (AvgIpc) is 2.06. The summed E-state index contributed by atoms with van der Waals surface area (Å²) in [6.45, 7) is 12.7. The van der Waals surface area contributed by atoms with Crippen molar-refractivity contribution in [2.45, 2.75) is 46.3 Å². The van der Waals surface area contributed by atoms with Gasteiger partial charge >= 0.3 is 0 Å². The highest BCUT2D eigenvalue weighted by atomic mass is 16.3. The molecule has 0 aliphatic carbocycles. The molecule has 1 fully saturated rings. The zero-order chi connectivity index (χ0) is 9.57. The fourth-order valence-corrected chi connectivity index (χ4v) is 1.63. The first-order valence-corrected chi connectivity index (χ1v) is 4.66. The van der Waals surface area contributed by atoms with Crippen molar-refractivity contribution < 1.29 is 5.11 Å². The van der Waals surface area contributed by atoms with Crippen LogP contribution in [0.1, 0.15) is 34.6 Å². The second-order valence-electron chi connectivity index (χ2n) is 5.56. The summed E-state index contributed by atoms with van der Waals surface area (Å²) in [6, 6.07) is 0. The van der Waals surface area contributed by atoms with Crippen LogP contribution in [0.3, 0.4) is 0 Å². The van der Waals surface area contributed by atoms with Gasteiger partial charge in [-0.05, 0) is 20.8 Å². The van der Waals surface area contributed by atoms with Crippen LogP contribution >= 0.6 is 0 Å². The monoisotopic (exact) mass is 171 g/mol. The first-order valence-electron chi connectivity index (χ1n) is 4.66. The van der Waals surface area contributed by atoms with Crippen molar-refractivity contribution >= 4 is 0 Å². The number of rotatable bonds is 0. The van der Waals surface area contributed by atoms with Gasteiger partial charge in [0, 0.05) is 24.0 Å². The summed E-state index contributed by atoms with van der Waals surface area (Å²) in [7, 11) is 0. The quantitative estimate of drug-likeness (QED) is 0.597. The summed E-state index contributed by atoms with van der Waals surface area (Å²) >= 11 is 0. The number of β-amino-alcohol motifs (C(OH)–C–C–N with tert-alkyl or cyclic N) is 1. The summed E-state index contributed by atoms with van der Waals surface area (Å²) in [6.07, 6.45) is -0.170. The Hall–Kier alpha value is -0.0800. The summed E-state index contributed by atoms with van der Waals surface area (Å²) < 4.78 is 0. The highest BCUT2D eigenvalue weighted by Gasteiger charge is 2.41. The Balaban J connectivity index is 2.67. The Morgan fingerprint density at radius 3 is 2.00 bits per heavy atom. The molecule has 1 heterocycles. The summed E-state index contributed by atoms with van der Waals surface area (Å²) in [4.78, 5) is 2.34. The van der Waals surface area contributed by atoms with Crippen molar-refractivity contribution in [3.63, 3.8) is 0 Å². The number of hydrogen-bond acceptors (Lipinski definition) is 2. The Labute approximate surface area is 75.6 Å². The van der Waals surface area contributed by atoms with E-state index in [0.717, 1.165) is 13.1 Å². The van der Waals surface area contributed by atoms with E-state index >= 15 is 0 Å². The lowest BCUT2D eigenvalue weighted by Gasteiger charge is -2.32. The number of likely N-dealkylation sites (tertiary alicyclic amines) is 1. The molecular weight excluding hydrogens is 150 g/mol. The molecule has 0 spiro atoms. The molecule has 12 heavy (non-hydrogen) atoms. The summed E-state index contributed by atoms with van der Waals surface area (Å²) in [5.41, 5.74) is 0.252. The van der Waals surface area contributed by atoms with E-state index in [-0.39, 0.29) is 17.1 Å². The standard InChI is InChI=1S/C10H21NO/c1-9(2,3)11-6-8(12)10(4,5)7-11/h8,12H,6-7H2,1-5H3/t8-/m1/s1. The van der Waals surface area contributed by atoms with Crippen molar-refractivity contribution in [2.75, 3.05) is 13.1 Å². The molecule has 1 aliphatic heterocycles. The van der Waals surface area contributed by atoms with Gasteiger partial charge in [0.25, 0.3) is 0 Å². The molecule has 1 atom stereocenters. The van der Waals surface area contributed by atoms with Gasteiger partial charge in [0.2, 0.25) is 0 Å². The smallest absolute Gasteiger partial charge is 0.0730 e. The molecule has 0 saturated carbocycles. The van der Waals surface area contributed by atoms with E-state index in [1.54, 1.807) is 0 Å². The van der Waals surface area contributed by atoms with Gasteiger partial charge in [0.05, 0.1) is 6.10 Å². The van der Waals surface area contributed by atoms with Gasteiger partial charge in [-0.25, -0.2) is 0 Å². The fourth-order valence-electron chi connectivity index (χ4n) is 1.63. The molecule has 2 heteroatoms. The van der Waals surface area contributed by atoms with Crippen LogP contribution in [0, 0.1) is 5.41 Å². The SMILES string of the molecule is CC1(C)CN(C(C)(C)C)C[C@H]1O. The minimum atomic E-state index is -0.170. The third-order valence-electron chi connectivity index (χ3n) is 2.84. The highest BCUT2D eigenvalue weighted by molar-refractivity contribution is 4.95. The van der Waals surface area contributed by atoms with Gasteiger partial charge in [-0.15, -0.1) is 0 Å². The Morgan fingerprint density at radius 1 is 1.33 bits per heavy atom. The zero-order valence-corrected chi connectivity index (χ0v) is 8.89. The number of nitrogens with zero attached hydrogens (tertiary/aromatic N) is 1. The third-order valence-corrected chi connectivity index (χ3v) is 2.84. The Morgan fingerprint density at radius 2 is 1.83 bits per heavy atom. The fraction of sp³-hybridized carbons (Fsp3) is 1.00. The van der Waals surface area contributed by atoms with E-state index in [4.69, 9.17) is 0 Å². The molecule has 0 aromatic carbocycles. The predicted molar refractivity (Wildman–Crippen MR) is 51.1 cm³/mol. The van der Waals surface area contributed by atoms with Crippen LogP contribution in [0.25, 0.3) is 0 Å². The van der Waals surface area contributed by atoms with E-state index < -0.39 is 0 Å². The minimum absolute atomic E-state index is 0.0628. The van der Waals surface area contributed by atoms with Gasteiger partial charge in [-0.1, -0.05) is 13.8 Å². The lowest BCUT2D eigenvalue weighted by Crippen LogP contribution is -2.40. The maximum atomic E-state index is 9.75. The van der Waals surface area contributed by atoms with Gasteiger partial charge in [-0.2, -0.15) is 0 Å². The van der Waals surface area contributed by atoms with Crippen LogP contribution in [0.15, 0.2) is 0 Å². The maximum Gasteiger partial charge on any atom is 0.0730 e. The molecule has 2 nitrogen and oxygen atoms in total. The van der Waals surface area contributed by atoms with E-state index in [0.29, 0.717) is 0 Å². The first kappa shape index (κ1) is 10.0. The lowest BCUT2D eigenvalue weighted by molar-refractivity contribution is 0.0935. The van der Waals surface area contributed by atoms with Crippen LogP contribution in [0.4, 0.5) is 0 Å². The number of aliphatic hydroxyl groups is 1. The predicted octanol–water partition coefficient (Wildman–Crippen LogP) is 1.49. The molecule has 1 aliphatic rings. The van der Waals surface area contributed by atoms with Crippen LogP contribution in [-0.2, 0) is 0 Å². The molecule has 1 rings (SSSR count). The van der Waals surface area contributed by atoms with Crippen LogP contribution in [-0.4, -0.2) is 34.7 Å². The molecule has 72 valence electrons. The van der Waals surface area contributed by atoms with E-state index in [1.807, 2.05) is 0 Å². The van der Waals surface area contributed by atoms with Crippen LogP contribution in [0.5, 0.6) is 0 Å². The maximum absolute atomic E-state index is 9.75. The molecule has 0 amide bonds. The molecule has 0 bridgehead atoms. The lowest BCUT2D eigenvalue weighted by atomic mass is 9.90.